The van der Waals surface area contributed by atoms with Crippen LogP contribution in [0.1, 0.15) is 13.7 Å². The highest BCUT2D eigenvalue weighted by Gasteiger charge is 2.18. The lowest BCUT2D eigenvalue weighted by atomic mass is 9.92. The van der Waals surface area contributed by atoms with Crippen LogP contribution >= 0.6 is 0 Å². The predicted octanol–water partition coefficient (Wildman–Crippen LogP) is 13.4. The number of benzene rings is 8. The highest BCUT2D eigenvalue weighted by molar-refractivity contribution is 6.12. The summed E-state index contributed by atoms with van der Waals surface area (Å²) in [5, 5.41) is 1.70. The molecule has 0 aliphatic heterocycles. The Bertz CT molecular complexity index is 3340. The molecule has 0 aliphatic carbocycles. The van der Waals surface area contributed by atoms with Crippen LogP contribution in [0.4, 0.5) is 0 Å². The first kappa shape index (κ1) is 23.3. The molecule has 10 aromatic rings. The third-order valence-corrected chi connectivity index (χ3v) is 9.50. The Morgan fingerprint density at radius 2 is 0.836 bits per heavy atom. The summed E-state index contributed by atoms with van der Waals surface area (Å²) in [4.78, 5) is 14.8. The number of rotatable bonds is 7. The van der Waals surface area contributed by atoms with E-state index in [0.717, 1.165) is 38.6 Å². The van der Waals surface area contributed by atoms with Crippen LogP contribution in [0.5, 0.6) is 0 Å². The van der Waals surface area contributed by atoms with E-state index in [-0.39, 0.29) is 22.3 Å². The fourth-order valence-electron chi connectivity index (χ4n) is 6.85. The molecule has 55 heavy (non-hydrogen) atoms. The Morgan fingerprint density at radius 3 is 1.40 bits per heavy atom. The minimum atomic E-state index is -0.542. The second-order valence-corrected chi connectivity index (χ2v) is 12.9. The number of aromatic nitrogens is 3. The molecule has 0 spiro atoms. The molecule has 0 unspecified atom stereocenters. The summed E-state index contributed by atoms with van der Waals surface area (Å²) in [6.45, 7) is 0. The Kier molecular flexibility index (Phi) is 5.86. The molecule has 0 N–H and O–H groups in total. The number of furan rings is 1. The van der Waals surface area contributed by atoms with Crippen molar-refractivity contribution in [3.05, 3.63) is 200 Å². The van der Waals surface area contributed by atoms with Crippen molar-refractivity contribution in [2.45, 2.75) is 0 Å². The van der Waals surface area contributed by atoms with Gasteiger partial charge in [0.15, 0.2) is 17.5 Å². The van der Waals surface area contributed by atoms with Crippen LogP contribution < -0.4 is 0 Å². The molecule has 2 aromatic heterocycles. The van der Waals surface area contributed by atoms with E-state index in [4.69, 9.17) is 33.1 Å². The summed E-state index contributed by atoms with van der Waals surface area (Å²) in [7, 11) is 0. The lowest BCUT2D eigenvalue weighted by molar-refractivity contribution is 0.669. The van der Waals surface area contributed by atoms with Crippen LogP contribution in [0.2, 0.25) is 0 Å². The number of nitrogens with zero attached hydrogens (tertiary/aromatic N) is 3. The van der Waals surface area contributed by atoms with Gasteiger partial charge in [-0.15, -0.1) is 0 Å². The zero-order valence-electron chi connectivity index (χ0n) is 39.0. The van der Waals surface area contributed by atoms with E-state index in [1.54, 1.807) is 12.1 Å². The summed E-state index contributed by atoms with van der Waals surface area (Å²) in [5.41, 5.74) is 7.10. The minimum absolute atomic E-state index is 0.0761. The maximum Gasteiger partial charge on any atom is 0.164 e. The van der Waals surface area contributed by atoms with Crippen LogP contribution in [-0.2, 0) is 0 Å². The average molecular weight is 714 g/mol. The van der Waals surface area contributed by atoms with E-state index in [9.17, 15) is 0 Å². The van der Waals surface area contributed by atoms with Crippen molar-refractivity contribution in [3.63, 3.8) is 0 Å². The Hall–Kier alpha value is -7.43. The highest BCUT2D eigenvalue weighted by Crippen LogP contribution is 2.39. The van der Waals surface area contributed by atoms with Gasteiger partial charge < -0.3 is 4.42 Å². The van der Waals surface area contributed by atoms with Gasteiger partial charge in [0.05, 0.1) is 13.7 Å². The van der Waals surface area contributed by atoms with Crippen molar-refractivity contribution in [1.29, 1.82) is 0 Å². The maximum absolute atomic E-state index is 8.73. The molecule has 0 radical (unpaired) electrons. The molecule has 0 amide bonds. The van der Waals surface area contributed by atoms with Gasteiger partial charge in [-0.3, -0.25) is 0 Å². The van der Waals surface area contributed by atoms with Crippen molar-refractivity contribution < 1.29 is 18.1 Å². The average Bonchev–Trinajstić information content (AvgIpc) is 3.73. The van der Waals surface area contributed by atoms with Crippen molar-refractivity contribution in [3.8, 4) is 78.7 Å². The molecule has 8 aromatic carbocycles. The van der Waals surface area contributed by atoms with Crippen LogP contribution in [-0.4, -0.2) is 15.0 Å². The molecule has 10 rings (SSSR count). The Labute approximate surface area is 333 Å². The van der Waals surface area contributed by atoms with E-state index in [1.165, 1.54) is 6.07 Å². The molecule has 4 heteroatoms. The van der Waals surface area contributed by atoms with Crippen molar-refractivity contribution in [2.75, 3.05) is 0 Å². The number of hydrogen-bond acceptors (Lipinski definition) is 4. The van der Waals surface area contributed by atoms with Crippen LogP contribution in [0.15, 0.2) is 204 Å². The second-order valence-electron chi connectivity index (χ2n) is 12.9. The van der Waals surface area contributed by atoms with Crippen LogP contribution in [0.3, 0.4) is 0 Å². The Balaban J connectivity index is 1.10. The van der Waals surface area contributed by atoms with Gasteiger partial charge in [0.25, 0.3) is 0 Å². The monoisotopic (exact) mass is 713 g/mol. The quantitative estimate of drug-likeness (QED) is 0.165. The first-order valence-corrected chi connectivity index (χ1v) is 17.6. The SMILES string of the molecule is [2H]c1c([2H])c([2H])c(-c2cc(-c3ccc(-c4ccc5oc6cccc(-c7nc(-c8ccccc8)nc(-c8ccccc8)n7)c6c5c4)cc3)cc(-c3c([2H])c([2H])c([2H])c([2H])c3[2H])c2)c([2H])c1[2H]. The van der Waals surface area contributed by atoms with Gasteiger partial charge in [-0.05, 0) is 80.9 Å². The van der Waals surface area contributed by atoms with Gasteiger partial charge in [-0.25, -0.2) is 15.0 Å². The molecule has 0 fully saturated rings. The van der Waals surface area contributed by atoms with E-state index in [0.29, 0.717) is 39.8 Å². The molecule has 0 bridgehead atoms. The van der Waals surface area contributed by atoms with Gasteiger partial charge in [-0.2, -0.15) is 0 Å². The standard InChI is InChI=1S/C51H33N3O/c1-5-14-34(15-6-1)41-30-42(35-16-7-2-8-17-35)32-43(31-41)37-26-24-36(25-27-37)40-28-29-46-45(33-40)48-44(22-13-23-47(48)55-46)51-53-49(38-18-9-3-10-19-38)52-50(54-51)39-20-11-4-12-21-39/h1-33H/i1D,2D,5D,6D,7D,8D,14D,15D,16D,17D. The van der Waals surface area contributed by atoms with Crippen molar-refractivity contribution >= 4 is 21.9 Å². The molecule has 0 atom stereocenters. The summed E-state index contributed by atoms with van der Waals surface area (Å²) >= 11 is 0. The normalized spacial score (nSPS) is 13.8. The van der Waals surface area contributed by atoms with E-state index in [2.05, 4.69) is 6.07 Å². The van der Waals surface area contributed by atoms with Crippen LogP contribution in [0.25, 0.3) is 101 Å². The van der Waals surface area contributed by atoms with Crippen molar-refractivity contribution in [2.24, 2.45) is 0 Å². The summed E-state index contributed by atoms with van der Waals surface area (Å²) in [5.74, 6) is 1.58. The predicted molar refractivity (Wildman–Crippen MR) is 225 cm³/mol. The van der Waals surface area contributed by atoms with Gasteiger partial charge in [0.1, 0.15) is 11.2 Å². The third kappa shape index (κ3) is 6.26. The zero-order valence-corrected chi connectivity index (χ0v) is 29.0. The largest absolute Gasteiger partial charge is 0.456 e. The maximum atomic E-state index is 8.73. The van der Waals surface area contributed by atoms with Gasteiger partial charge >= 0.3 is 0 Å². The molecule has 0 saturated heterocycles. The molecule has 0 aliphatic rings. The fourth-order valence-corrected chi connectivity index (χ4v) is 6.85. The number of hydrogen-bond donors (Lipinski definition) is 0. The fraction of sp³-hybridized carbons (Fsp3) is 0. The second kappa shape index (κ2) is 13.8. The lowest BCUT2D eigenvalue weighted by Gasteiger charge is -2.12. The molecule has 2 heterocycles. The molecular formula is C51H33N3O. The highest BCUT2D eigenvalue weighted by atomic mass is 16.3. The zero-order chi connectivity index (χ0) is 45.3. The first-order chi connectivity index (χ1) is 31.4. The third-order valence-electron chi connectivity index (χ3n) is 9.50. The molecule has 258 valence electrons. The molecule has 4 nitrogen and oxygen atoms in total. The van der Waals surface area contributed by atoms with E-state index >= 15 is 0 Å². The summed E-state index contributed by atoms with van der Waals surface area (Å²) in [6, 6.07) is 39.0. The van der Waals surface area contributed by atoms with Crippen LogP contribution in [0, 0.1) is 0 Å². The Morgan fingerprint density at radius 1 is 0.345 bits per heavy atom. The van der Waals surface area contributed by atoms with E-state index < -0.39 is 60.4 Å². The van der Waals surface area contributed by atoms with Gasteiger partial charge in [0, 0.05) is 27.5 Å². The van der Waals surface area contributed by atoms with Gasteiger partial charge in [0.2, 0.25) is 0 Å². The molecule has 0 saturated carbocycles. The smallest absolute Gasteiger partial charge is 0.164 e. The van der Waals surface area contributed by atoms with Crippen molar-refractivity contribution in [1.82, 2.24) is 15.0 Å². The summed E-state index contributed by atoms with van der Waals surface area (Å²) < 4.78 is 91.0. The van der Waals surface area contributed by atoms with E-state index in [1.807, 2.05) is 115 Å². The minimum Gasteiger partial charge on any atom is -0.456 e. The van der Waals surface area contributed by atoms with Gasteiger partial charge in [-0.1, -0.05) is 164 Å². The topological polar surface area (TPSA) is 51.8 Å². The lowest BCUT2D eigenvalue weighted by Crippen LogP contribution is -2.00. The number of fused-ring (bicyclic) bond motifs is 3. The summed E-state index contributed by atoms with van der Waals surface area (Å²) in [6.07, 6.45) is 0. The molecular weight excluding hydrogens is 671 g/mol. The first-order valence-electron chi connectivity index (χ1n) is 22.6.